The van der Waals surface area contributed by atoms with E-state index in [-0.39, 0.29) is 15.8 Å². The number of benzene rings is 2. The Bertz CT molecular complexity index is 834. The minimum Gasteiger partial charge on any atom is -0.269 e. The molecule has 110 valence electrons. The van der Waals surface area contributed by atoms with E-state index in [9.17, 15) is 8.42 Å². The van der Waals surface area contributed by atoms with E-state index in [0.717, 1.165) is 5.56 Å². The lowest BCUT2D eigenvalue weighted by Crippen LogP contribution is -2.26. The average Bonchev–Trinajstić information content (AvgIpc) is 2.52. The van der Waals surface area contributed by atoms with Gasteiger partial charge >= 0.3 is 0 Å². The molecule has 0 N–H and O–H groups in total. The maximum Gasteiger partial charge on any atom is 0.264 e. The first-order chi connectivity index (χ1) is 9.84. The highest BCUT2D eigenvalue weighted by Gasteiger charge is 2.33. The van der Waals surface area contributed by atoms with Crippen LogP contribution in [0.4, 0.5) is 5.69 Å². The number of hydrogen-bond acceptors (Lipinski definition) is 2. The van der Waals surface area contributed by atoms with Crippen LogP contribution in [0.5, 0.6) is 0 Å². The van der Waals surface area contributed by atoms with Gasteiger partial charge < -0.3 is 0 Å². The van der Waals surface area contributed by atoms with Crippen molar-refractivity contribution < 1.29 is 8.42 Å². The number of rotatable bonds is 0. The summed E-state index contributed by atoms with van der Waals surface area (Å²) in [5.41, 5.74) is 2.29. The molecule has 0 bridgehead atoms. The lowest BCUT2D eigenvalue weighted by atomic mass is 9.92. The summed E-state index contributed by atoms with van der Waals surface area (Å²) in [5.74, 6) is -0.0920. The number of anilines is 1. The van der Waals surface area contributed by atoms with Crippen LogP contribution < -0.4 is 4.31 Å². The molecular formula is C15H13Cl2NO2S. The molecule has 21 heavy (non-hydrogen) atoms. The van der Waals surface area contributed by atoms with Gasteiger partial charge in [-0.15, -0.1) is 0 Å². The van der Waals surface area contributed by atoms with E-state index < -0.39 is 10.0 Å². The van der Waals surface area contributed by atoms with Crippen LogP contribution in [0.25, 0.3) is 0 Å². The van der Waals surface area contributed by atoms with Crippen LogP contribution in [0.2, 0.25) is 10.0 Å². The Labute approximate surface area is 134 Å². The van der Waals surface area contributed by atoms with Gasteiger partial charge in [-0.05, 0) is 29.3 Å². The molecule has 6 heteroatoms. The Kier molecular flexibility index (Phi) is 3.43. The molecule has 2 aromatic carbocycles. The van der Waals surface area contributed by atoms with Gasteiger partial charge in [0.05, 0.1) is 20.6 Å². The van der Waals surface area contributed by atoms with E-state index in [1.807, 2.05) is 25.1 Å². The van der Waals surface area contributed by atoms with E-state index in [4.69, 9.17) is 23.2 Å². The molecular weight excluding hydrogens is 329 g/mol. The van der Waals surface area contributed by atoms with E-state index in [2.05, 4.69) is 0 Å². The summed E-state index contributed by atoms with van der Waals surface area (Å²) in [6, 6.07) is 10.6. The molecule has 1 unspecified atom stereocenters. The predicted molar refractivity (Wildman–Crippen MR) is 86.0 cm³/mol. The zero-order valence-electron chi connectivity index (χ0n) is 11.5. The van der Waals surface area contributed by atoms with Crippen molar-refractivity contribution in [1.82, 2.24) is 0 Å². The second kappa shape index (κ2) is 4.90. The largest absolute Gasteiger partial charge is 0.269 e. The highest BCUT2D eigenvalue weighted by molar-refractivity contribution is 7.92. The summed E-state index contributed by atoms with van der Waals surface area (Å²) in [5, 5.41) is 0.602. The third kappa shape index (κ3) is 2.13. The third-order valence-corrected chi connectivity index (χ3v) is 6.45. The number of fused-ring (bicyclic) bond motifs is 2. The standard InChI is InChI=1S/C15H13Cl2NO2S/c1-9-10-5-3-4-6-14(10)18(2)21(19,20)15-8-13(17)12(16)7-11(9)15/h3-9H,1-2H3. The number of halogens is 2. The molecule has 1 aliphatic rings. The normalized spacial score (nSPS) is 19.6. The minimum absolute atomic E-state index is 0.0920. The third-order valence-electron chi connectivity index (χ3n) is 3.90. The Balaban J connectivity index is 2.42. The second-order valence-electron chi connectivity index (χ2n) is 5.06. The van der Waals surface area contributed by atoms with Gasteiger partial charge in [0, 0.05) is 13.0 Å². The molecule has 3 rings (SSSR count). The highest BCUT2D eigenvalue weighted by Crippen LogP contribution is 2.43. The minimum atomic E-state index is -3.65. The first-order valence-corrected chi connectivity index (χ1v) is 8.60. The summed E-state index contributed by atoms with van der Waals surface area (Å²) in [7, 11) is -2.10. The molecule has 0 radical (unpaired) electrons. The average molecular weight is 342 g/mol. The van der Waals surface area contributed by atoms with Crippen LogP contribution in [-0.2, 0) is 10.0 Å². The molecule has 0 aliphatic carbocycles. The summed E-state index contributed by atoms with van der Waals surface area (Å²) in [6.07, 6.45) is 0. The van der Waals surface area contributed by atoms with Crippen LogP contribution in [-0.4, -0.2) is 15.5 Å². The van der Waals surface area contributed by atoms with E-state index in [0.29, 0.717) is 16.3 Å². The van der Waals surface area contributed by atoms with Crippen molar-refractivity contribution in [2.24, 2.45) is 0 Å². The first kappa shape index (κ1) is 14.7. The zero-order chi connectivity index (χ0) is 15.4. The molecule has 2 aromatic rings. The molecule has 1 heterocycles. The van der Waals surface area contributed by atoms with Crippen molar-refractivity contribution in [2.45, 2.75) is 17.7 Å². The summed E-state index contributed by atoms with van der Waals surface area (Å²) >= 11 is 12.1. The fourth-order valence-electron chi connectivity index (χ4n) is 2.69. The molecule has 0 spiro atoms. The molecule has 0 saturated heterocycles. The van der Waals surface area contributed by atoms with Crippen molar-refractivity contribution in [3.8, 4) is 0 Å². The summed E-state index contributed by atoms with van der Waals surface area (Å²) in [4.78, 5) is 0.211. The number of para-hydroxylation sites is 1. The monoisotopic (exact) mass is 341 g/mol. The van der Waals surface area contributed by atoms with Crippen molar-refractivity contribution in [2.75, 3.05) is 11.4 Å². The number of hydrogen-bond donors (Lipinski definition) is 0. The van der Waals surface area contributed by atoms with Crippen LogP contribution in [0.3, 0.4) is 0 Å². The fourth-order valence-corrected chi connectivity index (χ4v) is 4.61. The van der Waals surface area contributed by atoms with E-state index in [1.165, 1.54) is 10.4 Å². The van der Waals surface area contributed by atoms with Gasteiger partial charge in [0.15, 0.2) is 0 Å². The van der Waals surface area contributed by atoms with Gasteiger partial charge in [0.25, 0.3) is 10.0 Å². The first-order valence-electron chi connectivity index (χ1n) is 6.41. The number of nitrogens with zero attached hydrogens (tertiary/aromatic N) is 1. The van der Waals surface area contributed by atoms with Crippen LogP contribution in [0.15, 0.2) is 41.3 Å². The van der Waals surface area contributed by atoms with Gasteiger partial charge in [-0.2, -0.15) is 0 Å². The van der Waals surface area contributed by atoms with Gasteiger partial charge in [0.1, 0.15) is 0 Å². The topological polar surface area (TPSA) is 37.4 Å². The molecule has 1 aliphatic heterocycles. The SMILES string of the molecule is CC1c2ccccc2N(C)S(=O)(=O)c2cc(Cl)c(Cl)cc21. The second-order valence-corrected chi connectivity index (χ2v) is 7.81. The van der Waals surface area contributed by atoms with Gasteiger partial charge in [-0.3, -0.25) is 4.31 Å². The molecule has 0 saturated carbocycles. The quantitative estimate of drug-likeness (QED) is 0.716. The molecule has 1 atom stereocenters. The Hall–Kier alpha value is -1.23. The smallest absolute Gasteiger partial charge is 0.264 e. The maximum absolute atomic E-state index is 12.8. The Morgan fingerprint density at radius 2 is 1.67 bits per heavy atom. The van der Waals surface area contributed by atoms with E-state index >= 15 is 0 Å². The summed E-state index contributed by atoms with van der Waals surface area (Å²) < 4.78 is 26.9. The van der Waals surface area contributed by atoms with Crippen LogP contribution >= 0.6 is 23.2 Å². The summed E-state index contributed by atoms with van der Waals surface area (Å²) in [6.45, 7) is 1.97. The predicted octanol–water partition coefficient (Wildman–Crippen LogP) is 4.28. The molecule has 3 nitrogen and oxygen atoms in total. The lowest BCUT2D eigenvalue weighted by Gasteiger charge is -2.19. The molecule has 0 amide bonds. The molecule has 0 fully saturated rings. The lowest BCUT2D eigenvalue weighted by molar-refractivity contribution is 0.594. The van der Waals surface area contributed by atoms with Gasteiger partial charge in [-0.1, -0.05) is 48.3 Å². The van der Waals surface area contributed by atoms with Crippen molar-refractivity contribution in [3.05, 3.63) is 57.6 Å². The highest BCUT2D eigenvalue weighted by atomic mass is 35.5. The number of sulfonamides is 1. The Morgan fingerprint density at radius 3 is 2.38 bits per heavy atom. The fraction of sp³-hybridized carbons (Fsp3) is 0.200. The zero-order valence-corrected chi connectivity index (χ0v) is 13.8. The maximum atomic E-state index is 12.8. The molecule has 0 aromatic heterocycles. The van der Waals surface area contributed by atoms with Gasteiger partial charge in [0.2, 0.25) is 0 Å². The van der Waals surface area contributed by atoms with Crippen molar-refractivity contribution in [3.63, 3.8) is 0 Å². The van der Waals surface area contributed by atoms with Gasteiger partial charge in [-0.25, -0.2) is 8.42 Å². The van der Waals surface area contributed by atoms with Crippen LogP contribution in [0.1, 0.15) is 24.0 Å². The van der Waals surface area contributed by atoms with E-state index in [1.54, 1.807) is 19.2 Å². The van der Waals surface area contributed by atoms with Crippen LogP contribution in [0, 0.1) is 0 Å². The van der Waals surface area contributed by atoms with Crippen molar-refractivity contribution in [1.29, 1.82) is 0 Å². The Morgan fingerprint density at radius 1 is 1.05 bits per heavy atom. The van der Waals surface area contributed by atoms with Crippen molar-refractivity contribution >= 4 is 38.9 Å².